The largest absolute Gasteiger partial charge is 0.294 e. The zero-order valence-electron chi connectivity index (χ0n) is 9.79. The van der Waals surface area contributed by atoms with Gasteiger partial charge < -0.3 is 0 Å². The standard InChI is InChI=1S/C14H13IOS/c1-9-3-4-10(2)11(5-9)6-13(16)12-7-14(15)17-8-12/h3-5,7-8H,6H2,1-2H3. The maximum atomic E-state index is 12.1. The molecule has 1 nitrogen and oxygen atoms in total. The maximum absolute atomic E-state index is 12.1. The van der Waals surface area contributed by atoms with Crippen LogP contribution < -0.4 is 0 Å². The minimum absolute atomic E-state index is 0.206. The van der Waals surface area contributed by atoms with Crippen molar-refractivity contribution in [2.75, 3.05) is 0 Å². The molecule has 0 unspecified atom stereocenters. The first-order valence-electron chi connectivity index (χ1n) is 5.39. The Labute approximate surface area is 119 Å². The summed E-state index contributed by atoms with van der Waals surface area (Å²) < 4.78 is 1.16. The third-order valence-corrected chi connectivity index (χ3v) is 4.53. The van der Waals surface area contributed by atoms with Crippen LogP contribution in [0.1, 0.15) is 27.0 Å². The lowest BCUT2D eigenvalue weighted by atomic mass is 9.99. The Hall–Kier alpha value is -0.680. The van der Waals surface area contributed by atoms with Gasteiger partial charge in [0.25, 0.3) is 0 Å². The molecule has 0 radical (unpaired) electrons. The van der Waals surface area contributed by atoms with Gasteiger partial charge in [-0.2, -0.15) is 0 Å². The van der Waals surface area contributed by atoms with Crippen molar-refractivity contribution in [2.45, 2.75) is 20.3 Å². The Kier molecular flexibility index (Phi) is 3.99. The first kappa shape index (κ1) is 12.8. The summed E-state index contributed by atoms with van der Waals surface area (Å²) in [5, 5.41) is 1.94. The number of aryl methyl sites for hydroxylation is 2. The number of carbonyl (C=O) groups excluding carboxylic acids is 1. The summed E-state index contributed by atoms with van der Waals surface area (Å²) in [7, 11) is 0. The maximum Gasteiger partial charge on any atom is 0.168 e. The van der Waals surface area contributed by atoms with Crippen LogP contribution in [0, 0.1) is 16.7 Å². The molecule has 0 bridgehead atoms. The fraction of sp³-hybridized carbons (Fsp3) is 0.214. The van der Waals surface area contributed by atoms with Gasteiger partial charge in [-0.3, -0.25) is 4.79 Å². The lowest BCUT2D eigenvalue weighted by Gasteiger charge is -2.05. The molecule has 0 saturated heterocycles. The molecular weight excluding hydrogens is 343 g/mol. The first-order valence-corrected chi connectivity index (χ1v) is 7.35. The van der Waals surface area contributed by atoms with E-state index in [1.54, 1.807) is 11.3 Å². The Morgan fingerprint density at radius 2 is 2.06 bits per heavy atom. The third kappa shape index (κ3) is 3.16. The number of rotatable bonds is 3. The van der Waals surface area contributed by atoms with E-state index in [4.69, 9.17) is 0 Å². The molecule has 1 aromatic heterocycles. The molecule has 0 fully saturated rings. The van der Waals surface area contributed by atoms with Gasteiger partial charge in [0.05, 0.1) is 2.88 Å². The van der Waals surface area contributed by atoms with Gasteiger partial charge in [0.2, 0.25) is 0 Å². The summed E-state index contributed by atoms with van der Waals surface area (Å²) in [6, 6.07) is 8.22. The number of carbonyl (C=O) groups is 1. The summed E-state index contributed by atoms with van der Waals surface area (Å²) >= 11 is 3.86. The fourth-order valence-corrected chi connectivity index (χ4v) is 3.07. The molecule has 0 atom stereocenters. The Morgan fingerprint density at radius 3 is 2.71 bits per heavy atom. The number of hydrogen-bond donors (Lipinski definition) is 0. The van der Waals surface area contributed by atoms with Gasteiger partial charge in [0.15, 0.2) is 5.78 Å². The SMILES string of the molecule is Cc1ccc(C)c(CC(=O)c2csc(I)c2)c1. The molecule has 0 spiro atoms. The van der Waals surface area contributed by atoms with Crippen LogP contribution in [0.15, 0.2) is 29.6 Å². The van der Waals surface area contributed by atoms with Crippen molar-refractivity contribution < 1.29 is 4.79 Å². The summed E-state index contributed by atoms with van der Waals surface area (Å²) in [4.78, 5) is 12.1. The van der Waals surface area contributed by atoms with E-state index in [1.165, 1.54) is 11.1 Å². The highest BCUT2D eigenvalue weighted by atomic mass is 127. The second kappa shape index (κ2) is 5.31. The van der Waals surface area contributed by atoms with Crippen molar-refractivity contribution in [3.63, 3.8) is 0 Å². The van der Waals surface area contributed by atoms with Crippen LogP contribution in [0.5, 0.6) is 0 Å². The first-order chi connectivity index (χ1) is 8.06. The van der Waals surface area contributed by atoms with Crippen LogP contribution in [-0.4, -0.2) is 5.78 Å². The van der Waals surface area contributed by atoms with Crippen molar-refractivity contribution in [3.8, 4) is 0 Å². The molecule has 1 heterocycles. The molecule has 0 N–H and O–H groups in total. The van der Waals surface area contributed by atoms with Gasteiger partial charge in [0.1, 0.15) is 0 Å². The molecular formula is C14H13IOS. The van der Waals surface area contributed by atoms with Crippen molar-refractivity contribution in [2.24, 2.45) is 0 Å². The molecule has 88 valence electrons. The van der Waals surface area contributed by atoms with Gasteiger partial charge in [-0.15, -0.1) is 11.3 Å². The second-order valence-electron chi connectivity index (χ2n) is 4.17. The summed E-state index contributed by atoms with van der Waals surface area (Å²) in [6.07, 6.45) is 0.500. The molecule has 0 aliphatic heterocycles. The average molecular weight is 356 g/mol. The zero-order chi connectivity index (χ0) is 12.4. The van der Waals surface area contributed by atoms with E-state index in [9.17, 15) is 4.79 Å². The van der Waals surface area contributed by atoms with Gasteiger partial charge in [-0.1, -0.05) is 23.8 Å². The quantitative estimate of drug-likeness (QED) is 0.589. The van der Waals surface area contributed by atoms with Crippen LogP contribution in [0.3, 0.4) is 0 Å². The predicted molar refractivity (Wildman–Crippen MR) is 81.0 cm³/mol. The Balaban J connectivity index is 2.21. The Bertz CT molecular complexity index is 557. The van der Waals surface area contributed by atoms with E-state index in [2.05, 4.69) is 54.6 Å². The highest BCUT2D eigenvalue weighted by Crippen LogP contribution is 2.19. The summed E-state index contributed by atoms with van der Waals surface area (Å²) in [5.74, 6) is 0.206. The van der Waals surface area contributed by atoms with Gasteiger partial charge >= 0.3 is 0 Å². The van der Waals surface area contributed by atoms with E-state index in [-0.39, 0.29) is 5.78 Å². The van der Waals surface area contributed by atoms with Crippen molar-refractivity contribution in [1.29, 1.82) is 0 Å². The minimum Gasteiger partial charge on any atom is -0.294 e. The van der Waals surface area contributed by atoms with Crippen LogP contribution in [0.4, 0.5) is 0 Å². The molecule has 2 aromatic rings. The monoisotopic (exact) mass is 356 g/mol. The molecule has 17 heavy (non-hydrogen) atoms. The molecule has 0 aliphatic rings. The molecule has 0 amide bonds. The minimum atomic E-state index is 0.206. The van der Waals surface area contributed by atoms with E-state index < -0.39 is 0 Å². The lowest BCUT2D eigenvalue weighted by Crippen LogP contribution is -2.03. The lowest BCUT2D eigenvalue weighted by molar-refractivity contribution is 0.0993. The van der Waals surface area contributed by atoms with E-state index in [0.717, 1.165) is 14.0 Å². The number of benzene rings is 1. The van der Waals surface area contributed by atoms with Crippen LogP contribution in [0.2, 0.25) is 0 Å². The van der Waals surface area contributed by atoms with Gasteiger partial charge in [-0.05, 0) is 53.6 Å². The number of ketones is 1. The number of halogens is 1. The molecule has 2 rings (SSSR count). The van der Waals surface area contributed by atoms with Crippen molar-refractivity contribution in [3.05, 3.63) is 54.8 Å². The fourth-order valence-electron chi connectivity index (χ4n) is 1.72. The van der Waals surface area contributed by atoms with Gasteiger partial charge in [-0.25, -0.2) is 0 Å². The smallest absolute Gasteiger partial charge is 0.168 e. The highest BCUT2D eigenvalue weighted by Gasteiger charge is 2.10. The average Bonchev–Trinajstić information content (AvgIpc) is 2.70. The van der Waals surface area contributed by atoms with E-state index in [0.29, 0.717) is 6.42 Å². The molecule has 3 heteroatoms. The zero-order valence-corrected chi connectivity index (χ0v) is 12.8. The normalized spacial score (nSPS) is 10.5. The summed E-state index contributed by atoms with van der Waals surface area (Å²) in [6.45, 7) is 4.11. The Morgan fingerprint density at radius 1 is 1.29 bits per heavy atom. The van der Waals surface area contributed by atoms with E-state index >= 15 is 0 Å². The predicted octanol–water partition coefficient (Wildman–Crippen LogP) is 4.39. The second-order valence-corrected chi connectivity index (χ2v) is 6.97. The molecule has 1 aromatic carbocycles. The number of hydrogen-bond acceptors (Lipinski definition) is 2. The van der Waals surface area contributed by atoms with Crippen LogP contribution in [-0.2, 0) is 6.42 Å². The molecule has 0 aliphatic carbocycles. The summed E-state index contributed by atoms with van der Waals surface area (Å²) in [5.41, 5.74) is 4.36. The van der Waals surface area contributed by atoms with Crippen LogP contribution in [0.25, 0.3) is 0 Å². The third-order valence-electron chi connectivity index (χ3n) is 2.75. The highest BCUT2D eigenvalue weighted by molar-refractivity contribution is 14.1. The van der Waals surface area contributed by atoms with Crippen LogP contribution >= 0.6 is 33.9 Å². The van der Waals surface area contributed by atoms with Crippen molar-refractivity contribution >= 4 is 39.7 Å². The number of Topliss-reactive ketones (excluding diaryl/α,β-unsaturated/α-hetero) is 1. The topological polar surface area (TPSA) is 17.1 Å². The van der Waals surface area contributed by atoms with Crippen molar-refractivity contribution in [1.82, 2.24) is 0 Å². The molecule has 0 saturated carbocycles. The number of thiophene rings is 1. The van der Waals surface area contributed by atoms with Gasteiger partial charge in [0, 0.05) is 17.4 Å². The van der Waals surface area contributed by atoms with E-state index in [1.807, 2.05) is 11.4 Å².